The number of allylic oxidation sites excluding steroid dienone is 2. The maximum Gasteiger partial charge on any atom is 0.424 e. The summed E-state index contributed by atoms with van der Waals surface area (Å²) in [5.41, 5.74) is 2.25. The van der Waals surface area contributed by atoms with E-state index in [4.69, 9.17) is 0 Å². The summed E-state index contributed by atoms with van der Waals surface area (Å²) in [7, 11) is 1.09. The molecule has 1 N–H and O–H groups in total. The van der Waals surface area contributed by atoms with Crippen LogP contribution in [0.2, 0.25) is 0 Å². The Balaban J connectivity index is 2.48. The number of hydrogen-bond donors (Lipinski definition) is 1. The van der Waals surface area contributed by atoms with Gasteiger partial charge in [-0.15, -0.1) is 0 Å². The molecule has 0 aliphatic carbocycles. The molecule has 0 radical (unpaired) electrons. The smallest absolute Gasteiger partial charge is 0.424 e. The van der Waals surface area contributed by atoms with E-state index in [0.29, 0.717) is 0 Å². The summed E-state index contributed by atoms with van der Waals surface area (Å²) in [6.07, 6.45) is 4.26. The first-order valence-electron chi connectivity index (χ1n) is 3.32. The predicted octanol–water partition coefficient (Wildman–Crippen LogP) is -0.408. The van der Waals surface area contributed by atoms with Crippen LogP contribution in [0.5, 0.6) is 0 Å². The zero-order chi connectivity index (χ0) is 9.68. The summed E-state index contributed by atoms with van der Waals surface area (Å²) in [6.45, 7) is 0. The van der Waals surface area contributed by atoms with Crippen molar-refractivity contribution in [1.29, 1.82) is 0 Å². The molecule has 0 saturated carbocycles. The molecule has 0 fully saturated rings. The third-order valence-corrected chi connectivity index (χ3v) is 1.11. The highest BCUT2D eigenvalue weighted by Crippen LogP contribution is 1.99. The van der Waals surface area contributed by atoms with Gasteiger partial charge in [-0.2, -0.15) is 5.48 Å². The molecule has 0 aromatic heterocycles. The number of esters is 2. The highest BCUT2D eigenvalue weighted by molar-refractivity contribution is 6.29. The van der Waals surface area contributed by atoms with Crippen LogP contribution in [0.15, 0.2) is 24.3 Å². The van der Waals surface area contributed by atoms with Crippen molar-refractivity contribution in [1.82, 2.24) is 5.48 Å². The molecule has 0 bridgehead atoms. The minimum atomic E-state index is -1.11. The van der Waals surface area contributed by atoms with Gasteiger partial charge in [0.2, 0.25) is 5.88 Å². The Bertz CT molecular complexity index is 281. The molecule has 0 atom stereocenters. The average molecular weight is 185 g/mol. The van der Waals surface area contributed by atoms with Crippen LogP contribution in [0.25, 0.3) is 0 Å². The molecule has 6 nitrogen and oxygen atoms in total. The molecule has 0 aromatic carbocycles. The maximum atomic E-state index is 10.8. The summed E-state index contributed by atoms with van der Waals surface area (Å²) >= 11 is 0. The lowest BCUT2D eigenvalue weighted by Crippen LogP contribution is -2.24. The lowest BCUT2D eigenvalue weighted by molar-refractivity contribution is -0.164. The van der Waals surface area contributed by atoms with Gasteiger partial charge < -0.3 is 14.3 Å². The zero-order valence-corrected chi connectivity index (χ0v) is 6.77. The standard InChI is InChI=1S/C7H7NO5/c1-11-6(9)7(10)13-5-3-2-4-12-8-5/h2-4,8H,1H3. The number of carbonyl (C=O) groups excluding carboxylic acids is 2. The molecular formula is C7H7NO5. The van der Waals surface area contributed by atoms with Crippen molar-refractivity contribution >= 4 is 11.9 Å². The first-order chi connectivity index (χ1) is 6.24. The molecule has 6 heteroatoms. The highest BCUT2D eigenvalue weighted by atomic mass is 16.7. The van der Waals surface area contributed by atoms with Crippen LogP contribution in [-0.2, 0) is 23.9 Å². The molecule has 0 unspecified atom stereocenters. The zero-order valence-electron chi connectivity index (χ0n) is 6.77. The van der Waals surface area contributed by atoms with Crippen molar-refractivity contribution < 1.29 is 23.9 Å². The topological polar surface area (TPSA) is 73.9 Å². The summed E-state index contributed by atoms with van der Waals surface area (Å²) in [6, 6.07) is 0. The predicted molar refractivity (Wildman–Crippen MR) is 39.6 cm³/mol. The van der Waals surface area contributed by atoms with Gasteiger partial charge in [0.05, 0.1) is 7.11 Å². The van der Waals surface area contributed by atoms with Crippen molar-refractivity contribution in [3.8, 4) is 0 Å². The SMILES string of the molecule is COC(=O)C(=O)OC1=CC=CON1. The molecule has 13 heavy (non-hydrogen) atoms. The summed E-state index contributed by atoms with van der Waals surface area (Å²) in [4.78, 5) is 25.9. The number of methoxy groups -OCH3 is 1. The molecule has 1 aliphatic rings. The second-order valence-corrected chi connectivity index (χ2v) is 1.96. The van der Waals surface area contributed by atoms with Gasteiger partial charge in [-0.3, -0.25) is 0 Å². The number of hydroxylamine groups is 1. The van der Waals surface area contributed by atoms with Gasteiger partial charge in [0.15, 0.2) is 0 Å². The fourth-order valence-electron chi connectivity index (χ4n) is 0.572. The Kier molecular flexibility index (Phi) is 2.91. The number of carbonyl (C=O) groups is 2. The van der Waals surface area contributed by atoms with E-state index in [9.17, 15) is 9.59 Å². The summed E-state index contributed by atoms with van der Waals surface area (Å²) in [5, 5.41) is 0. The van der Waals surface area contributed by atoms with Crippen molar-refractivity contribution in [2.24, 2.45) is 0 Å². The number of rotatable bonds is 1. The molecule has 70 valence electrons. The molecule has 1 aliphatic heterocycles. The second kappa shape index (κ2) is 4.15. The summed E-state index contributed by atoms with van der Waals surface area (Å²) < 4.78 is 8.63. The molecule has 1 rings (SSSR count). The van der Waals surface area contributed by atoms with Crippen molar-refractivity contribution in [2.75, 3.05) is 7.11 Å². The third kappa shape index (κ3) is 2.51. The fourth-order valence-corrected chi connectivity index (χ4v) is 0.572. The largest absolute Gasteiger partial charge is 0.461 e. The van der Waals surface area contributed by atoms with E-state index < -0.39 is 11.9 Å². The number of ether oxygens (including phenoxy) is 2. The van der Waals surface area contributed by atoms with Crippen LogP contribution in [-0.4, -0.2) is 19.0 Å². The van der Waals surface area contributed by atoms with Gasteiger partial charge in [-0.05, 0) is 6.08 Å². The Morgan fingerprint density at radius 2 is 2.23 bits per heavy atom. The monoisotopic (exact) mass is 185 g/mol. The van der Waals surface area contributed by atoms with Crippen LogP contribution in [0, 0.1) is 0 Å². The first-order valence-corrected chi connectivity index (χ1v) is 3.32. The number of nitrogens with one attached hydrogen (secondary N) is 1. The minimum Gasteiger partial charge on any atom is -0.461 e. The van der Waals surface area contributed by atoms with Gasteiger partial charge >= 0.3 is 11.9 Å². The Labute approximate surface area is 73.7 Å². The Hall–Kier alpha value is -1.98. The molecule has 0 amide bonds. The van der Waals surface area contributed by atoms with Crippen LogP contribution in [0.4, 0.5) is 0 Å². The van der Waals surface area contributed by atoms with Gasteiger partial charge in [-0.1, -0.05) is 0 Å². The fraction of sp³-hybridized carbons (Fsp3) is 0.143. The van der Waals surface area contributed by atoms with Crippen LogP contribution < -0.4 is 5.48 Å². The Morgan fingerprint density at radius 3 is 2.77 bits per heavy atom. The van der Waals surface area contributed by atoms with E-state index in [1.54, 1.807) is 0 Å². The molecule has 1 heterocycles. The Morgan fingerprint density at radius 1 is 1.46 bits per heavy atom. The number of hydrogen-bond acceptors (Lipinski definition) is 6. The average Bonchev–Trinajstić information content (AvgIpc) is 2.18. The highest BCUT2D eigenvalue weighted by Gasteiger charge is 2.18. The first kappa shape index (κ1) is 9.11. The lowest BCUT2D eigenvalue weighted by Gasteiger charge is -2.10. The molecular weight excluding hydrogens is 178 g/mol. The van der Waals surface area contributed by atoms with Gasteiger partial charge in [0, 0.05) is 6.08 Å². The van der Waals surface area contributed by atoms with E-state index in [1.807, 2.05) is 0 Å². The maximum absolute atomic E-state index is 10.8. The van der Waals surface area contributed by atoms with Crippen LogP contribution in [0.1, 0.15) is 0 Å². The second-order valence-electron chi connectivity index (χ2n) is 1.96. The van der Waals surface area contributed by atoms with E-state index in [2.05, 4.69) is 19.8 Å². The third-order valence-electron chi connectivity index (χ3n) is 1.11. The molecule has 0 spiro atoms. The quantitative estimate of drug-likeness (QED) is 0.442. The van der Waals surface area contributed by atoms with Gasteiger partial charge in [0.25, 0.3) is 0 Å². The summed E-state index contributed by atoms with van der Waals surface area (Å²) in [5.74, 6) is -2.16. The van der Waals surface area contributed by atoms with E-state index in [1.165, 1.54) is 18.4 Å². The minimum absolute atomic E-state index is 0.0258. The lowest BCUT2D eigenvalue weighted by atomic mass is 10.5. The van der Waals surface area contributed by atoms with E-state index >= 15 is 0 Å². The molecule has 0 aromatic rings. The van der Waals surface area contributed by atoms with Crippen molar-refractivity contribution in [3.05, 3.63) is 24.3 Å². The van der Waals surface area contributed by atoms with Crippen LogP contribution >= 0.6 is 0 Å². The van der Waals surface area contributed by atoms with E-state index in [-0.39, 0.29) is 5.88 Å². The normalized spacial score (nSPS) is 13.5. The molecule has 0 saturated heterocycles. The van der Waals surface area contributed by atoms with Crippen molar-refractivity contribution in [3.63, 3.8) is 0 Å². The van der Waals surface area contributed by atoms with Gasteiger partial charge in [-0.25, -0.2) is 9.59 Å². The van der Waals surface area contributed by atoms with Gasteiger partial charge in [0.1, 0.15) is 6.26 Å². The van der Waals surface area contributed by atoms with Crippen molar-refractivity contribution in [2.45, 2.75) is 0 Å². The van der Waals surface area contributed by atoms with E-state index in [0.717, 1.165) is 7.11 Å². The van der Waals surface area contributed by atoms with Crippen LogP contribution in [0.3, 0.4) is 0 Å².